The SMILES string of the molecule is C#Cc1c(F)ccc2cc(O)cc(-c3ncc4c(N5CCN(C(=O)CC#N)[C@@H](CC#N)C5)nc(OCC5(CN6CCN(CC7CCN(c8ccc9c(c8)CN(C8CCC(=O)NC8=O)C9=O)CC7)CC6)CC5)nc4c3F)c12. The van der Waals surface area contributed by atoms with Gasteiger partial charge in [0.1, 0.15) is 41.1 Å². The van der Waals surface area contributed by atoms with E-state index in [-0.39, 0.29) is 119 Å². The molecule has 390 valence electrons. The van der Waals surface area contributed by atoms with Crippen molar-refractivity contribution >= 4 is 56.8 Å². The van der Waals surface area contributed by atoms with Gasteiger partial charge in [0.2, 0.25) is 17.7 Å². The van der Waals surface area contributed by atoms with Gasteiger partial charge < -0.3 is 39.2 Å². The molecule has 76 heavy (non-hydrogen) atoms. The minimum Gasteiger partial charge on any atom is -0.508 e. The molecule has 6 aliphatic rings. The van der Waals surface area contributed by atoms with Crippen LogP contribution >= 0.6 is 0 Å². The van der Waals surface area contributed by atoms with Crippen LogP contribution in [0.25, 0.3) is 32.9 Å². The molecule has 4 amide bonds. The van der Waals surface area contributed by atoms with Crippen LogP contribution in [0.15, 0.2) is 48.7 Å². The van der Waals surface area contributed by atoms with E-state index in [1.807, 2.05) is 23.1 Å². The first-order chi connectivity index (χ1) is 36.8. The average molecular weight is 1030 g/mol. The molecule has 2 aromatic heterocycles. The van der Waals surface area contributed by atoms with E-state index in [0.717, 1.165) is 89.3 Å². The summed E-state index contributed by atoms with van der Waals surface area (Å²) in [5.74, 6) is 0.190. The summed E-state index contributed by atoms with van der Waals surface area (Å²) in [5.41, 5.74) is 2.05. The van der Waals surface area contributed by atoms with Crippen molar-refractivity contribution in [2.45, 2.75) is 70.0 Å². The lowest BCUT2D eigenvalue weighted by Crippen LogP contribution is -2.55. The number of amides is 4. The summed E-state index contributed by atoms with van der Waals surface area (Å²) >= 11 is 0. The number of piperazine rings is 2. The molecule has 1 aliphatic carbocycles. The number of piperidine rings is 2. The number of imide groups is 1. The van der Waals surface area contributed by atoms with Crippen molar-refractivity contribution in [3.05, 3.63) is 77.0 Å². The van der Waals surface area contributed by atoms with Crippen LogP contribution in [0.1, 0.15) is 72.9 Å². The van der Waals surface area contributed by atoms with Gasteiger partial charge in [-0.2, -0.15) is 20.5 Å². The summed E-state index contributed by atoms with van der Waals surface area (Å²) < 4.78 is 38.9. The molecule has 0 radical (unpaired) electrons. The quantitative estimate of drug-likeness (QED) is 0.116. The predicted molar refractivity (Wildman–Crippen MR) is 275 cm³/mol. The normalized spacial score (nSPS) is 21.1. The first-order valence-corrected chi connectivity index (χ1v) is 26.0. The van der Waals surface area contributed by atoms with Crippen LogP contribution in [-0.2, 0) is 20.9 Å². The van der Waals surface area contributed by atoms with Crippen LogP contribution in [0.5, 0.6) is 11.8 Å². The highest BCUT2D eigenvalue weighted by Crippen LogP contribution is 2.47. The van der Waals surface area contributed by atoms with Gasteiger partial charge in [-0.1, -0.05) is 12.0 Å². The number of halogens is 2. The van der Waals surface area contributed by atoms with E-state index >= 15 is 8.78 Å². The van der Waals surface area contributed by atoms with E-state index in [1.165, 1.54) is 35.4 Å². The lowest BCUT2D eigenvalue weighted by Gasteiger charge is -2.41. The number of fused-ring (bicyclic) bond motifs is 3. The first kappa shape index (κ1) is 50.2. The van der Waals surface area contributed by atoms with Crippen molar-refractivity contribution in [1.29, 1.82) is 10.5 Å². The highest BCUT2D eigenvalue weighted by Gasteiger charge is 2.46. The summed E-state index contributed by atoms with van der Waals surface area (Å²) in [7, 11) is 0. The third-order valence-corrected chi connectivity index (χ3v) is 16.2. The van der Waals surface area contributed by atoms with Crippen molar-refractivity contribution in [3.63, 3.8) is 0 Å². The first-order valence-electron chi connectivity index (χ1n) is 26.0. The largest absolute Gasteiger partial charge is 0.508 e. The van der Waals surface area contributed by atoms with Crippen LogP contribution in [-0.4, -0.2) is 154 Å². The number of nitrogens with zero attached hydrogens (tertiary/aromatic N) is 11. The second-order valence-electron chi connectivity index (χ2n) is 21.1. The zero-order valence-electron chi connectivity index (χ0n) is 41.9. The molecule has 7 heterocycles. The number of anilines is 2. The van der Waals surface area contributed by atoms with Gasteiger partial charge in [0.05, 0.1) is 42.2 Å². The molecule has 5 aromatic rings. The molecule has 3 aromatic carbocycles. The number of nitrogens with one attached hydrogen (secondary N) is 1. The van der Waals surface area contributed by atoms with E-state index in [4.69, 9.17) is 16.1 Å². The Hall–Kier alpha value is -7.99. The number of benzene rings is 3. The van der Waals surface area contributed by atoms with Gasteiger partial charge in [0, 0.05) is 119 Å². The molecule has 0 bridgehead atoms. The minimum absolute atomic E-state index is 0.00839. The zero-order chi connectivity index (χ0) is 52.8. The smallest absolute Gasteiger partial charge is 0.319 e. The molecule has 1 saturated carbocycles. The molecular formula is C56H56F2N12O6. The molecule has 18 nitrogen and oxygen atoms in total. The van der Waals surface area contributed by atoms with Crippen LogP contribution in [0, 0.1) is 58.0 Å². The molecule has 20 heteroatoms. The number of carbonyl (C=O) groups is 4. The number of aromatic nitrogens is 3. The van der Waals surface area contributed by atoms with Crippen molar-refractivity contribution in [2.75, 3.05) is 88.4 Å². The van der Waals surface area contributed by atoms with E-state index < -0.39 is 29.6 Å². The number of ether oxygens (including phenoxy) is 1. The zero-order valence-corrected chi connectivity index (χ0v) is 41.9. The number of carbonyl (C=O) groups excluding carboxylic acids is 4. The number of pyridine rings is 1. The highest BCUT2D eigenvalue weighted by atomic mass is 19.1. The predicted octanol–water partition coefficient (Wildman–Crippen LogP) is 5.11. The second kappa shape index (κ2) is 20.6. The number of phenolic OH excluding ortho intramolecular Hbond substituents is 1. The maximum atomic E-state index is 17.3. The molecule has 4 saturated heterocycles. The fraction of sp³-hybridized carbons (Fsp3) is 0.446. The third-order valence-electron chi connectivity index (χ3n) is 16.2. The summed E-state index contributed by atoms with van der Waals surface area (Å²) in [6, 6.07) is 14.1. The summed E-state index contributed by atoms with van der Waals surface area (Å²) in [4.78, 5) is 76.8. The fourth-order valence-electron chi connectivity index (χ4n) is 11.9. The number of hydrogen-bond acceptors (Lipinski definition) is 15. The molecule has 0 spiro atoms. The average Bonchev–Trinajstić information content (AvgIpc) is 4.15. The van der Waals surface area contributed by atoms with Gasteiger partial charge in [0.15, 0.2) is 5.82 Å². The Balaban J connectivity index is 0.747. The lowest BCUT2D eigenvalue weighted by atomic mass is 9.95. The maximum Gasteiger partial charge on any atom is 0.319 e. The number of terminal acetylenes is 1. The second-order valence-corrected chi connectivity index (χ2v) is 21.1. The number of nitriles is 2. The van der Waals surface area contributed by atoms with E-state index in [1.54, 1.807) is 4.90 Å². The maximum absolute atomic E-state index is 17.3. The Morgan fingerprint density at radius 3 is 2.43 bits per heavy atom. The van der Waals surface area contributed by atoms with Crippen molar-refractivity contribution in [2.24, 2.45) is 11.3 Å². The van der Waals surface area contributed by atoms with E-state index in [9.17, 15) is 34.8 Å². The van der Waals surface area contributed by atoms with Gasteiger partial charge in [-0.05, 0) is 85.4 Å². The summed E-state index contributed by atoms with van der Waals surface area (Å²) in [5, 5.41) is 32.9. The molecule has 1 unspecified atom stereocenters. The van der Waals surface area contributed by atoms with Crippen LogP contribution in [0.2, 0.25) is 0 Å². The summed E-state index contributed by atoms with van der Waals surface area (Å²) in [6.07, 6.45) is 11.4. The van der Waals surface area contributed by atoms with Gasteiger partial charge in [-0.15, -0.1) is 6.42 Å². The van der Waals surface area contributed by atoms with Crippen molar-refractivity contribution < 1.29 is 37.8 Å². The molecular weight excluding hydrogens is 975 g/mol. The molecule has 5 fully saturated rings. The standard InChI is InChI=1S/C56H56F2N12O6/c1-2-40-44(57)6-3-35-26-39(71)27-42(48(35)40)50-49(58)51-43(28-61-50)52(68-23-24-69(47(73)10-16-60)38(31-68)9-15-59)64-55(63-51)76-33-56(13-14-56)32-66-21-19-65(20-22-66)29-34-11-17-67(18-12-34)37-4-5-41-36(25-37)30-70(54(41)75)45-7-8-46(72)62-53(45)74/h1,3-6,25-28,34,38,45,71H,7-14,17-24,29-33H2,(H,62,72,74)/t38-,45?/m0/s1. The van der Waals surface area contributed by atoms with Crippen molar-refractivity contribution in [3.8, 4) is 47.5 Å². The Labute approximate surface area is 437 Å². The summed E-state index contributed by atoms with van der Waals surface area (Å²) in [6.45, 7) is 8.60. The van der Waals surface area contributed by atoms with Gasteiger partial charge in [-0.3, -0.25) is 29.5 Å². The molecule has 2 atom stereocenters. The Morgan fingerprint density at radius 1 is 0.908 bits per heavy atom. The van der Waals surface area contributed by atoms with E-state index in [2.05, 4.69) is 48.0 Å². The van der Waals surface area contributed by atoms with Gasteiger partial charge in [0.25, 0.3) is 5.91 Å². The van der Waals surface area contributed by atoms with Crippen LogP contribution < -0.4 is 19.9 Å². The Kier molecular flexibility index (Phi) is 13.6. The molecule has 2 N–H and O–H groups in total. The van der Waals surface area contributed by atoms with Gasteiger partial charge >= 0.3 is 6.01 Å². The minimum atomic E-state index is -0.870. The number of phenols is 1. The number of hydrogen-bond donors (Lipinski definition) is 2. The van der Waals surface area contributed by atoms with Gasteiger partial charge in [-0.25, -0.2) is 8.78 Å². The van der Waals surface area contributed by atoms with Crippen LogP contribution in [0.4, 0.5) is 20.3 Å². The lowest BCUT2D eigenvalue weighted by molar-refractivity contribution is -0.137. The monoisotopic (exact) mass is 1030 g/mol. The molecule has 5 aliphatic heterocycles. The third kappa shape index (κ3) is 9.77. The molecule has 11 rings (SSSR count). The Bertz CT molecular complexity index is 3320. The highest BCUT2D eigenvalue weighted by molar-refractivity contribution is 6.06. The van der Waals surface area contributed by atoms with E-state index in [0.29, 0.717) is 29.8 Å². The topological polar surface area (TPSA) is 215 Å². The van der Waals surface area contributed by atoms with Crippen molar-refractivity contribution in [1.82, 2.24) is 39.9 Å². The Morgan fingerprint density at radius 2 is 1.70 bits per heavy atom. The number of aromatic hydroxyl groups is 1. The van der Waals surface area contributed by atoms with Crippen LogP contribution in [0.3, 0.4) is 0 Å². The number of rotatable bonds is 13. The fourth-order valence-corrected chi connectivity index (χ4v) is 11.9.